The molecule has 1 aromatic heterocycles. The summed E-state index contributed by atoms with van der Waals surface area (Å²) in [5, 5.41) is 18.1. The Labute approximate surface area is 139 Å². The quantitative estimate of drug-likeness (QED) is 0.854. The highest BCUT2D eigenvalue weighted by molar-refractivity contribution is 5.90. The Morgan fingerprint density at radius 3 is 2.92 bits per heavy atom. The van der Waals surface area contributed by atoms with Gasteiger partial charge in [0.15, 0.2) is 12.0 Å². The molecule has 2 heterocycles. The molecule has 2 aromatic rings. The van der Waals surface area contributed by atoms with Crippen molar-refractivity contribution in [3.05, 3.63) is 41.9 Å². The number of hydrogen-bond donors (Lipinski definition) is 1. The summed E-state index contributed by atoms with van der Waals surface area (Å²) in [6.45, 7) is 1.94. The van der Waals surface area contributed by atoms with Gasteiger partial charge in [-0.1, -0.05) is 12.1 Å². The number of imidazole rings is 1. The van der Waals surface area contributed by atoms with E-state index in [0.29, 0.717) is 18.7 Å². The van der Waals surface area contributed by atoms with Crippen molar-refractivity contribution < 1.29 is 4.79 Å². The predicted molar refractivity (Wildman–Crippen MR) is 86.2 cm³/mol. The van der Waals surface area contributed by atoms with Crippen LogP contribution in [0.2, 0.25) is 0 Å². The van der Waals surface area contributed by atoms with E-state index in [2.05, 4.69) is 17.2 Å². The molecular weight excluding hydrogens is 304 g/mol. The van der Waals surface area contributed by atoms with Gasteiger partial charge in [-0.15, -0.1) is 0 Å². The minimum atomic E-state index is -0.590. The number of primary amides is 1. The third-order valence-electron chi connectivity index (χ3n) is 4.23. The van der Waals surface area contributed by atoms with Crippen molar-refractivity contribution in [2.75, 3.05) is 13.1 Å². The van der Waals surface area contributed by atoms with Crippen LogP contribution in [-0.4, -0.2) is 33.4 Å². The summed E-state index contributed by atoms with van der Waals surface area (Å²) in [5.41, 5.74) is 7.55. The highest BCUT2D eigenvalue weighted by atomic mass is 16.1. The first-order valence-corrected chi connectivity index (χ1v) is 7.63. The fourth-order valence-electron chi connectivity index (χ4n) is 3.07. The van der Waals surface area contributed by atoms with E-state index < -0.39 is 5.91 Å². The van der Waals surface area contributed by atoms with Crippen LogP contribution in [0.1, 0.15) is 22.6 Å². The van der Waals surface area contributed by atoms with Gasteiger partial charge >= 0.3 is 0 Å². The van der Waals surface area contributed by atoms with Gasteiger partial charge < -0.3 is 15.2 Å². The van der Waals surface area contributed by atoms with E-state index in [1.54, 1.807) is 33.9 Å². The molecule has 0 spiro atoms. The van der Waals surface area contributed by atoms with Crippen LogP contribution in [0.25, 0.3) is 11.3 Å². The van der Waals surface area contributed by atoms with Crippen LogP contribution in [-0.2, 0) is 6.54 Å². The molecule has 7 nitrogen and oxygen atoms in total. The Balaban J connectivity index is 1.97. The number of carbonyl (C=O) groups excluding carboxylic acids is 1. The van der Waals surface area contributed by atoms with E-state index >= 15 is 0 Å². The number of hydrogen-bond acceptors (Lipinski definition) is 5. The molecule has 0 saturated carbocycles. The van der Waals surface area contributed by atoms with Crippen LogP contribution in [0, 0.1) is 28.7 Å². The van der Waals surface area contributed by atoms with Gasteiger partial charge in [-0.05, 0) is 24.5 Å². The zero-order chi connectivity index (χ0) is 17.1. The second kappa shape index (κ2) is 6.43. The Morgan fingerprint density at radius 2 is 2.25 bits per heavy atom. The van der Waals surface area contributed by atoms with Crippen molar-refractivity contribution in [1.82, 2.24) is 14.5 Å². The molecule has 120 valence electrons. The molecule has 2 N–H and O–H groups in total. The highest BCUT2D eigenvalue weighted by Gasteiger charge is 2.25. The second-order valence-electron chi connectivity index (χ2n) is 5.84. The Kier molecular flexibility index (Phi) is 4.17. The first-order valence-electron chi connectivity index (χ1n) is 7.63. The predicted octanol–water partition coefficient (Wildman–Crippen LogP) is 1.32. The summed E-state index contributed by atoms with van der Waals surface area (Å²) in [4.78, 5) is 17.6. The number of aromatic nitrogens is 2. The molecule has 1 atom stereocenters. The smallest absolute Gasteiger partial charge is 0.284 e. The normalized spacial score (nSPS) is 16.6. The van der Waals surface area contributed by atoms with Crippen LogP contribution in [0.5, 0.6) is 0 Å². The summed E-state index contributed by atoms with van der Waals surface area (Å²) >= 11 is 0. The molecule has 1 aliphatic rings. The Bertz CT molecular complexity index is 857. The van der Waals surface area contributed by atoms with Gasteiger partial charge in [-0.3, -0.25) is 4.79 Å². The van der Waals surface area contributed by atoms with Crippen molar-refractivity contribution >= 4 is 5.91 Å². The summed E-state index contributed by atoms with van der Waals surface area (Å²) < 4.78 is 1.80. The fourth-order valence-corrected chi connectivity index (χ4v) is 3.07. The van der Waals surface area contributed by atoms with E-state index in [9.17, 15) is 4.79 Å². The third-order valence-corrected chi connectivity index (χ3v) is 4.23. The van der Waals surface area contributed by atoms with Gasteiger partial charge in [0.1, 0.15) is 0 Å². The van der Waals surface area contributed by atoms with Crippen LogP contribution in [0.15, 0.2) is 30.5 Å². The number of nitrogens with zero attached hydrogens (tertiary/aromatic N) is 5. The van der Waals surface area contributed by atoms with E-state index in [1.807, 2.05) is 6.07 Å². The number of nitrogens with two attached hydrogens (primary N) is 1. The second-order valence-corrected chi connectivity index (χ2v) is 5.84. The zero-order valence-corrected chi connectivity index (χ0v) is 13.0. The Morgan fingerprint density at radius 1 is 1.42 bits per heavy atom. The van der Waals surface area contributed by atoms with Crippen LogP contribution < -0.4 is 5.73 Å². The van der Waals surface area contributed by atoms with Crippen molar-refractivity contribution in [2.24, 2.45) is 11.7 Å². The molecule has 0 radical (unpaired) electrons. The molecule has 1 saturated heterocycles. The standard InChI is InChI=1S/C17H16N6O/c18-7-12-2-1-3-14(6-12)15-8-21-17(16(20)24)23(15)10-13-4-5-22(9-13)11-19/h1-3,6,8,13H,4-5,9-10H2,(H2,20,24)/t13-/m0/s1. The van der Waals surface area contributed by atoms with Gasteiger partial charge in [0, 0.05) is 25.2 Å². The average molecular weight is 320 g/mol. The minimum absolute atomic E-state index is 0.197. The molecule has 24 heavy (non-hydrogen) atoms. The van der Waals surface area contributed by atoms with Crippen LogP contribution in [0.3, 0.4) is 0 Å². The van der Waals surface area contributed by atoms with Crippen molar-refractivity contribution in [1.29, 1.82) is 10.5 Å². The maximum atomic E-state index is 11.7. The number of nitriles is 2. The van der Waals surface area contributed by atoms with Crippen LogP contribution in [0.4, 0.5) is 0 Å². The molecule has 1 fully saturated rings. The molecular formula is C17H16N6O. The van der Waals surface area contributed by atoms with E-state index in [-0.39, 0.29) is 11.7 Å². The van der Waals surface area contributed by atoms with E-state index in [4.69, 9.17) is 16.3 Å². The average Bonchev–Trinajstić information content (AvgIpc) is 3.22. The first kappa shape index (κ1) is 15.6. The van der Waals surface area contributed by atoms with Crippen molar-refractivity contribution in [2.45, 2.75) is 13.0 Å². The highest BCUT2D eigenvalue weighted by Crippen LogP contribution is 2.25. The largest absolute Gasteiger partial charge is 0.363 e. The van der Waals surface area contributed by atoms with Crippen molar-refractivity contribution in [3.63, 3.8) is 0 Å². The minimum Gasteiger partial charge on any atom is -0.363 e. The monoisotopic (exact) mass is 320 g/mol. The fraction of sp³-hybridized carbons (Fsp3) is 0.294. The summed E-state index contributed by atoms with van der Waals surface area (Å²) in [6.07, 6.45) is 4.63. The number of likely N-dealkylation sites (tertiary alicyclic amines) is 1. The SMILES string of the molecule is N#Cc1cccc(-c2cnc(C(N)=O)n2C[C@H]2CCN(C#N)C2)c1. The topological polar surface area (TPSA) is 112 Å². The first-order chi connectivity index (χ1) is 11.6. The van der Waals surface area contributed by atoms with Crippen molar-refractivity contribution in [3.8, 4) is 23.5 Å². The van der Waals surface area contributed by atoms with Gasteiger partial charge in [0.05, 0.1) is 23.5 Å². The lowest BCUT2D eigenvalue weighted by atomic mass is 10.1. The zero-order valence-electron chi connectivity index (χ0n) is 13.0. The number of amides is 1. The Hall–Kier alpha value is -3.32. The van der Waals surface area contributed by atoms with Gasteiger partial charge in [0.25, 0.3) is 5.91 Å². The summed E-state index contributed by atoms with van der Waals surface area (Å²) in [6, 6.07) is 9.25. The molecule has 0 aliphatic carbocycles. The molecule has 0 unspecified atom stereocenters. The molecule has 1 aliphatic heterocycles. The lowest BCUT2D eigenvalue weighted by Crippen LogP contribution is -2.23. The number of benzene rings is 1. The van der Waals surface area contributed by atoms with Gasteiger partial charge in [-0.2, -0.15) is 10.5 Å². The molecule has 3 rings (SSSR count). The summed E-state index contributed by atoms with van der Waals surface area (Å²) in [5.74, 6) is -0.148. The van der Waals surface area contributed by atoms with Gasteiger partial charge in [0.2, 0.25) is 0 Å². The third kappa shape index (κ3) is 2.92. The molecule has 7 heteroatoms. The molecule has 1 aromatic carbocycles. The maximum Gasteiger partial charge on any atom is 0.284 e. The summed E-state index contributed by atoms with van der Waals surface area (Å²) in [7, 11) is 0. The van der Waals surface area contributed by atoms with E-state index in [1.165, 1.54) is 0 Å². The lowest BCUT2D eigenvalue weighted by molar-refractivity contribution is 0.0985. The van der Waals surface area contributed by atoms with Crippen LogP contribution >= 0.6 is 0 Å². The molecule has 0 bridgehead atoms. The number of rotatable bonds is 4. The van der Waals surface area contributed by atoms with Gasteiger partial charge in [-0.25, -0.2) is 4.98 Å². The van der Waals surface area contributed by atoms with E-state index in [0.717, 1.165) is 24.2 Å². The molecule has 1 amide bonds. The maximum absolute atomic E-state index is 11.7. The lowest BCUT2D eigenvalue weighted by Gasteiger charge is -2.15. The number of carbonyl (C=O) groups is 1.